The molecule has 3 heterocycles. The van der Waals surface area contributed by atoms with E-state index in [9.17, 15) is 14.7 Å². The largest absolute Gasteiger partial charge is 0.494 e. The van der Waals surface area contributed by atoms with Gasteiger partial charge in [-0.25, -0.2) is 4.79 Å². The summed E-state index contributed by atoms with van der Waals surface area (Å²) in [6.45, 7) is 1.79. The number of benzene rings is 2. The van der Waals surface area contributed by atoms with E-state index in [0.717, 1.165) is 22.8 Å². The number of amides is 1. The van der Waals surface area contributed by atoms with Crippen LogP contribution in [0, 0.1) is 0 Å². The van der Waals surface area contributed by atoms with Crippen LogP contribution in [0.2, 0.25) is 0 Å². The highest BCUT2D eigenvalue weighted by molar-refractivity contribution is 7.80. The monoisotopic (exact) mass is 541 g/mol. The number of carbonyl (C=O) groups excluding carboxylic acids is 1. The molecule has 2 aromatic carbocycles. The summed E-state index contributed by atoms with van der Waals surface area (Å²) in [6, 6.07) is 21.4. The predicted octanol–water partition coefficient (Wildman–Crippen LogP) is 5.10. The lowest BCUT2D eigenvalue weighted by molar-refractivity contribution is -0.115. The number of carbonyl (C=O) groups is 2. The van der Waals surface area contributed by atoms with E-state index >= 15 is 0 Å². The van der Waals surface area contributed by atoms with Crippen molar-refractivity contribution in [1.29, 1.82) is 0 Å². The molecule has 3 N–H and O–H groups in total. The van der Waals surface area contributed by atoms with Gasteiger partial charge in [-0.15, -0.1) is 0 Å². The average Bonchev–Trinajstić information content (AvgIpc) is 3.58. The Balaban J connectivity index is 1.61. The van der Waals surface area contributed by atoms with Gasteiger partial charge in [-0.3, -0.25) is 9.78 Å². The number of nitrogens with one attached hydrogen (secondary N) is 2. The maximum Gasteiger partial charge on any atom is 0.335 e. The fraction of sp³-hybridized carbons (Fsp3) is 0.172. The molecule has 39 heavy (non-hydrogen) atoms. The van der Waals surface area contributed by atoms with E-state index in [1.807, 2.05) is 58.1 Å². The van der Waals surface area contributed by atoms with Gasteiger partial charge in [-0.05, 0) is 72.9 Å². The number of rotatable bonds is 8. The van der Waals surface area contributed by atoms with E-state index in [0.29, 0.717) is 23.0 Å². The van der Waals surface area contributed by atoms with E-state index in [-0.39, 0.29) is 23.6 Å². The molecule has 1 fully saturated rings. The van der Waals surface area contributed by atoms with Gasteiger partial charge < -0.3 is 29.9 Å². The quantitative estimate of drug-likeness (QED) is 0.264. The molecule has 0 bridgehead atoms. The summed E-state index contributed by atoms with van der Waals surface area (Å²) in [7, 11) is 1.56. The third-order valence-electron chi connectivity index (χ3n) is 6.63. The number of ether oxygens (including phenoxy) is 1. The third kappa shape index (κ3) is 5.06. The summed E-state index contributed by atoms with van der Waals surface area (Å²) in [5.41, 5.74) is 4.12. The first kappa shape index (κ1) is 25.9. The zero-order valence-corrected chi connectivity index (χ0v) is 22.2. The minimum Gasteiger partial charge on any atom is -0.494 e. The zero-order chi connectivity index (χ0) is 27.5. The van der Waals surface area contributed by atoms with E-state index in [1.165, 1.54) is 0 Å². The molecule has 0 saturated carbocycles. The van der Waals surface area contributed by atoms with Crippen LogP contribution in [0.15, 0.2) is 85.2 Å². The first-order valence-corrected chi connectivity index (χ1v) is 12.8. The molecule has 5 rings (SSSR count). The van der Waals surface area contributed by atoms with Crippen LogP contribution >= 0.6 is 12.2 Å². The first-order chi connectivity index (χ1) is 18.9. The summed E-state index contributed by atoms with van der Waals surface area (Å²) < 4.78 is 7.63. The summed E-state index contributed by atoms with van der Waals surface area (Å²) >= 11 is 5.86. The molecule has 10 heteroatoms. The number of nitrogens with zero attached hydrogens (tertiary/aromatic N) is 3. The van der Waals surface area contributed by atoms with Crippen LogP contribution in [0.25, 0.3) is 5.69 Å². The Morgan fingerprint density at radius 3 is 2.51 bits per heavy atom. The van der Waals surface area contributed by atoms with E-state index in [4.69, 9.17) is 17.0 Å². The fourth-order valence-electron chi connectivity index (χ4n) is 4.74. The van der Waals surface area contributed by atoms with Crippen LogP contribution in [0.5, 0.6) is 5.75 Å². The maximum absolute atomic E-state index is 12.0. The molecule has 198 valence electrons. The van der Waals surface area contributed by atoms with Crippen molar-refractivity contribution in [3.05, 3.63) is 102 Å². The zero-order valence-electron chi connectivity index (χ0n) is 21.4. The maximum atomic E-state index is 12.0. The molecular formula is C29H27N5O4S. The van der Waals surface area contributed by atoms with Gasteiger partial charge in [0.25, 0.3) is 0 Å². The Morgan fingerprint density at radius 1 is 1.08 bits per heavy atom. The number of carboxylic acids is 1. The number of hydrogen-bond donors (Lipinski definition) is 3. The molecule has 2 aromatic heterocycles. The lowest BCUT2D eigenvalue weighted by atomic mass is 10.0. The van der Waals surface area contributed by atoms with Crippen LogP contribution in [0.1, 0.15) is 47.2 Å². The first-order valence-electron chi connectivity index (χ1n) is 12.4. The molecule has 4 aromatic rings. The number of thiocarbonyl (C=S) groups is 1. The second-order valence-electron chi connectivity index (χ2n) is 8.94. The van der Waals surface area contributed by atoms with Gasteiger partial charge in [0.2, 0.25) is 5.91 Å². The summed E-state index contributed by atoms with van der Waals surface area (Å²) in [6.07, 6.45) is 4.03. The van der Waals surface area contributed by atoms with Crippen molar-refractivity contribution in [3.8, 4) is 11.4 Å². The Morgan fingerprint density at radius 2 is 1.85 bits per heavy atom. The molecule has 1 amide bonds. The van der Waals surface area contributed by atoms with Gasteiger partial charge in [0, 0.05) is 41.9 Å². The summed E-state index contributed by atoms with van der Waals surface area (Å²) in [4.78, 5) is 30.0. The Hall–Kier alpha value is -4.70. The van der Waals surface area contributed by atoms with Crippen molar-refractivity contribution in [3.63, 3.8) is 0 Å². The molecule has 2 atom stereocenters. The smallest absolute Gasteiger partial charge is 0.335 e. The predicted molar refractivity (Wildman–Crippen MR) is 153 cm³/mol. The van der Waals surface area contributed by atoms with E-state index < -0.39 is 5.97 Å². The molecule has 9 nitrogen and oxygen atoms in total. The second kappa shape index (κ2) is 11.0. The summed E-state index contributed by atoms with van der Waals surface area (Å²) in [5.74, 6) is -0.579. The van der Waals surface area contributed by atoms with Crippen LogP contribution in [-0.4, -0.2) is 38.8 Å². The molecule has 0 unspecified atom stereocenters. The van der Waals surface area contributed by atoms with Crippen LogP contribution in [-0.2, 0) is 4.79 Å². The second-order valence-corrected chi connectivity index (χ2v) is 9.32. The number of hydrogen-bond acceptors (Lipinski definition) is 5. The fourth-order valence-corrected chi connectivity index (χ4v) is 5.09. The van der Waals surface area contributed by atoms with Gasteiger partial charge in [0.05, 0.1) is 30.1 Å². The summed E-state index contributed by atoms with van der Waals surface area (Å²) in [5, 5.41) is 16.2. The number of pyridine rings is 1. The number of anilines is 2. The third-order valence-corrected chi connectivity index (χ3v) is 6.95. The Bertz CT molecular complexity index is 1520. The van der Waals surface area contributed by atoms with Crippen LogP contribution < -0.4 is 20.3 Å². The molecule has 1 aliphatic heterocycles. The van der Waals surface area contributed by atoms with Gasteiger partial charge in [-0.2, -0.15) is 0 Å². The van der Waals surface area contributed by atoms with Crippen molar-refractivity contribution in [2.75, 3.05) is 17.3 Å². The van der Waals surface area contributed by atoms with Gasteiger partial charge in [0.1, 0.15) is 11.8 Å². The standard InChI is InChI=1S/C29H27N5O4S/c1-3-25(35)31-21-14-13-20(17-24(21)38-2)34-27(26(32-29(34)39)22-7-4-5-15-30-22)23-8-6-16-33(23)19-11-9-18(10-12-19)28(36)37/h4-17,26-27H,3H2,1-2H3,(H,31,35)(H,32,39)(H,36,37)/t26-,27-/m0/s1. The van der Waals surface area contributed by atoms with Gasteiger partial charge in [0.15, 0.2) is 5.11 Å². The van der Waals surface area contributed by atoms with Gasteiger partial charge >= 0.3 is 5.97 Å². The van der Waals surface area contributed by atoms with Crippen LogP contribution in [0.4, 0.5) is 11.4 Å². The molecule has 1 aliphatic rings. The normalized spacial score (nSPS) is 16.6. The highest BCUT2D eigenvalue weighted by Crippen LogP contribution is 2.43. The Labute approximate surface area is 231 Å². The number of aromatic nitrogens is 2. The highest BCUT2D eigenvalue weighted by atomic mass is 32.1. The molecule has 0 spiro atoms. The van der Waals surface area contributed by atoms with Crippen molar-refractivity contribution >= 4 is 40.6 Å². The molecule has 0 aliphatic carbocycles. The Kier molecular flexibility index (Phi) is 7.29. The number of methoxy groups -OCH3 is 1. The molecule has 1 saturated heterocycles. The lowest BCUT2D eigenvalue weighted by Crippen LogP contribution is -2.30. The van der Waals surface area contributed by atoms with Gasteiger partial charge in [-0.1, -0.05) is 13.0 Å². The minimum atomic E-state index is -0.978. The molecular weight excluding hydrogens is 514 g/mol. The van der Waals surface area contributed by atoms with Crippen molar-refractivity contribution in [2.45, 2.75) is 25.4 Å². The topological polar surface area (TPSA) is 109 Å². The highest BCUT2D eigenvalue weighted by Gasteiger charge is 2.42. The van der Waals surface area contributed by atoms with Crippen LogP contribution in [0.3, 0.4) is 0 Å². The SMILES string of the molecule is CCC(=O)Nc1ccc(N2C(=S)N[C@@H](c3ccccn3)[C@@H]2c2cccn2-c2ccc(C(=O)O)cc2)cc1OC. The van der Waals surface area contributed by atoms with E-state index in [1.54, 1.807) is 50.6 Å². The number of aromatic carboxylic acids is 1. The lowest BCUT2D eigenvalue weighted by Gasteiger charge is -2.29. The number of carboxylic acid groups (broad SMARTS) is 1. The van der Waals surface area contributed by atoms with Crippen molar-refractivity contribution < 1.29 is 19.4 Å². The minimum absolute atomic E-state index is 0.112. The average molecular weight is 542 g/mol. The van der Waals surface area contributed by atoms with E-state index in [2.05, 4.69) is 15.6 Å². The van der Waals surface area contributed by atoms with Crippen molar-refractivity contribution in [2.24, 2.45) is 0 Å². The van der Waals surface area contributed by atoms with Crippen molar-refractivity contribution in [1.82, 2.24) is 14.9 Å². The molecule has 0 radical (unpaired) electrons.